The van der Waals surface area contributed by atoms with Gasteiger partial charge in [-0.15, -0.1) is 0 Å². The second kappa shape index (κ2) is 35.7. The summed E-state index contributed by atoms with van der Waals surface area (Å²) in [7, 11) is 0. The monoisotopic (exact) mass is 787 g/mol. The van der Waals surface area contributed by atoms with Crippen molar-refractivity contribution in [2.24, 2.45) is 11.8 Å². The van der Waals surface area contributed by atoms with Crippen molar-refractivity contribution in [3.8, 4) is 0 Å². The summed E-state index contributed by atoms with van der Waals surface area (Å²) in [5.74, 6) is 1.12. The van der Waals surface area contributed by atoms with Gasteiger partial charge in [0.15, 0.2) is 0 Å². The number of esters is 2. The molecule has 324 valence electrons. The normalized spacial score (nSPS) is 11.9. The maximum atomic E-state index is 12.4. The zero-order valence-electron chi connectivity index (χ0n) is 37.0. The van der Waals surface area contributed by atoms with Crippen LogP contribution in [0.3, 0.4) is 0 Å². The van der Waals surface area contributed by atoms with Gasteiger partial charge in [-0.05, 0) is 96.2 Å². The van der Waals surface area contributed by atoms with E-state index in [-0.39, 0.29) is 22.8 Å². The lowest BCUT2D eigenvalue weighted by Crippen LogP contribution is -2.39. The van der Waals surface area contributed by atoms with Gasteiger partial charge in [0.05, 0.1) is 18.9 Å². The minimum absolute atomic E-state index is 0.0376. The van der Waals surface area contributed by atoms with Crippen LogP contribution >= 0.6 is 0 Å². The maximum Gasteiger partial charge on any atom is 0.305 e. The fraction of sp³-hybridized carbons (Fsp3) is 0.833. The molecule has 1 aromatic rings. The lowest BCUT2D eigenvalue weighted by atomic mass is 9.93. The van der Waals surface area contributed by atoms with Crippen molar-refractivity contribution >= 4 is 17.6 Å². The van der Waals surface area contributed by atoms with Crippen LogP contribution in [0.25, 0.3) is 0 Å². The van der Waals surface area contributed by atoms with E-state index in [4.69, 9.17) is 9.47 Å². The van der Waals surface area contributed by atoms with Gasteiger partial charge in [0.1, 0.15) is 0 Å². The van der Waals surface area contributed by atoms with Gasteiger partial charge < -0.3 is 19.7 Å². The van der Waals surface area contributed by atoms with Crippen LogP contribution in [0.1, 0.15) is 207 Å². The third-order valence-corrected chi connectivity index (χ3v) is 11.4. The van der Waals surface area contributed by atoms with Gasteiger partial charge in [0.25, 0.3) is 0 Å². The molecule has 56 heavy (non-hydrogen) atoms. The van der Waals surface area contributed by atoms with Crippen molar-refractivity contribution in [2.75, 3.05) is 44.7 Å². The number of rotatable bonds is 40. The predicted molar refractivity (Wildman–Crippen MR) is 236 cm³/mol. The van der Waals surface area contributed by atoms with Crippen LogP contribution in [0.2, 0.25) is 0 Å². The average Bonchev–Trinajstić information content (AvgIpc) is 3.20. The quantitative estimate of drug-likeness (QED) is 0.0304. The zero-order valence-corrected chi connectivity index (χ0v) is 37.0. The summed E-state index contributed by atoms with van der Waals surface area (Å²) < 4.78 is 11.3. The Morgan fingerprint density at radius 1 is 0.589 bits per heavy atom. The van der Waals surface area contributed by atoms with Crippen LogP contribution in [0.5, 0.6) is 0 Å². The molecule has 0 saturated heterocycles. The van der Waals surface area contributed by atoms with Crippen molar-refractivity contribution < 1.29 is 19.1 Å². The minimum Gasteiger partial charge on any atom is -0.466 e. The van der Waals surface area contributed by atoms with Gasteiger partial charge >= 0.3 is 11.9 Å². The molecule has 0 radical (unpaired) electrons. The highest BCUT2D eigenvalue weighted by atomic mass is 16.5. The lowest BCUT2D eigenvalue weighted by Gasteiger charge is -2.23. The molecule has 0 saturated carbocycles. The Labute approximate surface area is 343 Å². The van der Waals surface area contributed by atoms with Crippen LogP contribution < -0.4 is 16.2 Å². The molecule has 0 fully saturated rings. The molecule has 0 atom stereocenters. The predicted octanol–water partition coefficient (Wildman–Crippen LogP) is 11.7. The molecule has 0 heterocycles. The zero-order chi connectivity index (χ0) is 41.1. The third-order valence-electron chi connectivity index (χ3n) is 11.4. The molecule has 8 heteroatoms. The first-order chi connectivity index (χ1) is 27.3. The topological polar surface area (TPSA) is 102 Å². The summed E-state index contributed by atoms with van der Waals surface area (Å²) in [6.45, 7) is 15.7. The van der Waals surface area contributed by atoms with Crippen molar-refractivity contribution in [3.05, 3.63) is 38.2 Å². The van der Waals surface area contributed by atoms with Gasteiger partial charge in [0, 0.05) is 24.9 Å². The second-order valence-electron chi connectivity index (χ2n) is 16.4. The lowest BCUT2D eigenvalue weighted by molar-refractivity contribution is -0.145. The third kappa shape index (κ3) is 25.7. The first-order valence-electron chi connectivity index (χ1n) is 23.5. The Bertz CT molecular complexity index is 1190. The maximum absolute atomic E-state index is 12.4. The molecule has 1 aromatic carbocycles. The standard InChI is InChI=1S/C48H86N2O6/c1-6-11-27-41(28-12-7-2)34-39-55-44(51)32-22-18-16-20-24-36-50(38-26-35-49-46-43(31-15-10-5)47(53)48(46)54)37-25-21-17-19-23-33-45(52)56-40-42(29-13-8-3)30-14-9-4/h10,15,41-42,49H,6-9,11-14,16-40H2,1-5H3/b15-10+. The fourth-order valence-corrected chi connectivity index (χ4v) is 7.59. The smallest absolute Gasteiger partial charge is 0.305 e. The summed E-state index contributed by atoms with van der Waals surface area (Å²) in [6.07, 6.45) is 32.5. The van der Waals surface area contributed by atoms with E-state index in [1.807, 2.05) is 19.1 Å². The molecule has 1 rings (SSSR count). The Balaban J connectivity index is 2.40. The van der Waals surface area contributed by atoms with E-state index in [2.05, 4.69) is 37.9 Å². The van der Waals surface area contributed by atoms with Gasteiger partial charge in [-0.1, -0.05) is 143 Å². The first kappa shape index (κ1) is 51.5. The molecular formula is C48H86N2O6. The van der Waals surface area contributed by atoms with Gasteiger partial charge in [-0.25, -0.2) is 0 Å². The summed E-state index contributed by atoms with van der Waals surface area (Å²) in [5.41, 5.74) is 0.370. The number of unbranched alkanes of at least 4 members (excludes halogenated alkanes) is 12. The number of carbonyl (C=O) groups excluding carboxylic acids is 2. The number of allylic oxidation sites excluding steroid dienone is 2. The van der Waals surface area contributed by atoms with Crippen molar-refractivity contribution in [1.29, 1.82) is 0 Å². The molecule has 0 unspecified atom stereocenters. The Kier molecular flexibility index (Phi) is 32.8. The van der Waals surface area contributed by atoms with Gasteiger partial charge in [-0.2, -0.15) is 0 Å². The summed E-state index contributed by atoms with van der Waals surface area (Å²) in [6, 6.07) is 0. The van der Waals surface area contributed by atoms with E-state index in [1.54, 1.807) is 0 Å². The highest BCUT2D eigenvalue weighted by molar-refractivity contribution is 5.69. The Hall–Kier alpha value is -2.48. The molecule has 0 aliphatic rings. The average molecular weight is 787 g/mol. The molecule has 0 aromatic heterocycles. The SMILES string of the molecule is C/C=C/Cc1c(NCCCN(CCCCCCCC(=O)OCCC(CCCC)CCCC)CCCCCCCC(=O)OCC(CCCC)CCCC)c(=O)c1=O. The van der Waals surface area contributed by atoms with E-state index in [0.29, 0.717) is 62.1 Å². The molecule has 0 aliphatic heterocycles. The molecule has 1 N–H and O–H groups in total. The highest BCUT2D eigenvalue weighted by Gasteiger charge is 2.19. The molecule has 0 amide bonds. The molecule has 0 spiro atoms. The number of nitrogens with zero attached hydrogens (tertiary/aromatic N) is 1. The van der Waals surface area contributed by atoms with Gasteiger partial charge in [0.2, 0.25) is 10.9 Å². The van der Waals surface area contributed by atoms with E-state index >= 15 is 0 Å². The highest BCUT2D eigenvalue weighted by Crippen LogP contribution is 2.21. The first-order valence-corrected chi connectivity index (χ1v) is 23.5. The van der Waals surface area contributed by atoms with E-state index in [1.165, 1.54) is 64.2 Å². The van der Waals surface area contributed by atoms with Crippen LogP contribution in [-0.4, -0.2) is 56.2 Å². The van der Waals surface area contributed by atoms with Crippen LogP contribution in [0.15, 0.2) is 21.7 Å². The fourth-order valence-electron chi connectivity index (χ4n) is 7.59. The Morgan fingerprint density at radius 3 is 1.61 bits per heavy atom. The molecule has 0 aliphatic carbocycles. The number of carbonyl (C=O) groups is 2. The number of hydrogen-bond acceptors (Lipinski definition) is 8. The summed E-state index contributed by atoms with van der Waals surface area (Å²) in [4.78, 5) is 51.4. The number of ether oxygens (including phenoxy) is 2. The summed E-state index contributed by atoms with van der Waals surface area (Å²) >= 11 is 0. The van der Waals surface area contributed by atoms with Crippen molar-refractivity contribution in [1.82, 2.24) is 4.90 Å². The van der Waals surface area contributed by atoms with E-state index < -0.39 is 0 Å². The molecular weight excluding hydrogens is 701 g/mol. The largest absolute Gasteiger partial charge is 0.466 e. The van der Waals surface area contributed by atoms with E-state index in [9.17, 15) is 19.2 Å². The van der Waals surface area contributed by atoms with Gasteiger partial charge in [-0.3, -0.25) is 19.2 Å². The van der Waals surface area contributed by atoms with E-state index in [0.717, 1.165) is 110 Å². The Morgan fingerprint density at radius 2 is 1.07 bits per heavy atom. The van der Waals surface area contributed by atoms with Crippen molar-refractivity contribution in [2.45, 2.75) is 208 Å². The van der Waals surface area contributed by atoms with Crippen LogP contribution in [0.4, 0.5) is 5.69 Å². The number of nitrogens with one attached hydrogen (secondary N) is 1. The number of anilines is 1. The minimum atomic E-state index is -0.385. The molecule has 0 bridgehead atoms. The number of hydrogen-bond donors (Lipinski definition) is 1. The molecule has 8 nitrogen and oxygen atoms in total. The summed E-state index contributed by atoms with van der Waals surface area (Å²) in [5, 5.41) is 3.25. The van der Waals surface area contributed by atoms with Crippen LogP contribution in [-0.2, 0) is 25.5 Å². The van der Waals surface area contributed by atoms with Crippen LogP contribution in [0, 0.1) is 11.8 Å². The van der Waals surface area contributed by atoms with Crippen molar-refractivity contribution in [3.63, 3.8) is 0 Å². The second-order valence-corrected chi connectivity index (χ2v) is 16.4.